The molecule has 0 bridgehead atoms. The van der Waals surface area contributed by atoms with Gasteiger partial charge in [-0.2, -0.15) is 0 Å². The molecule has 2 unspecified atom stereocenters. The Kier molecular flexibility index (Phi) is 3.11. The first-order valence-corrected chi connectivity index (χ1v) is 3.23. The van der Waals surface area contributed by atoms with Crippen LogP contribution in [0, 0.1) is 0 Å². The van der Waals surface area contributed by atoms with Crippen LogP contribution in [0.1, 0.15) is 27.2 Å². The van der Waals surface area contributed by atoms with Gasteiger partial charge < -0.3 is 10.8 Å². The highest BCUT2D eigenvalue weighted by atomic mass is 16.3. The summed E-state index contributed by atoms with van der Waals surface area (Å²) >= 11 is 0. The summed E-state index contributed by atoms with van der Waals surface area (Å²) in [7, 11) is 0. The Morgan fingerprint density at radius 2 is 2.22 bits per heavy atom. The van der Waals surface area contributed by atoms with Crippen LogP contribution in [0.15, 0.2) is 0 Å². The van der Waals surface area contributed by atoms with Gasteiger partial charge in [0.15, 0.2) is 0 Å². The van der Waals surface area contributed by atoms with Crippen LogP contribution in [0.4, 0.5) is 0 Å². The van der Waals surface area contributed by atoms with Gasteiger partial charge >= 0.3 is 0 Å². The Labute approximate surface area is 56.2 Å². The van der Waals surface area contributed by atoms with E-state index in [1.165, 1.54) is 0 Å². The molecular weight excluding hydrogens is 116 g/mol. The summed E-state index contributed by atoms with van der Waals surface area (Å²) in [5.41, 5.74) is 4.57. The molecular formula is C6H16N2O. The molecule has 56 valence electrons. The minimum absolute atomic E-state index is 0.153. The minimum Gasteiger partial charge on any atom is -0.376 e. The maximum Gasteiger partial charge on any atom is 0.114 e. The highest BCUT2D eigenvalue weighted by Crippen LogP contribution is 2.02. The van der Waals surface area contributed by atoms with Crippen molar-refractivity contribution in [3.63, 3.8) is 0 Å². The van der Waals surface area contributed by atoms with E-state index in [4.69, 9.17) is 5.73 Å². The van der Waals surface area contributed by atoms with E-state index in [1.54, 1.807) is 13.8 Å². The zero-order valence-corrected chi connectivity index (χ0v) is 6.31. The van der Waals surface area contributed by atoms with Crippen LogP contribution in [0.2, 0.25) is 0 Å². The molecule has 0 aliphatic heterocycles. The summed E-state index contributed by atoms with van der Waals surface area (Å²) in [6.07, 6.45) is 0.508. The number of nitrogens with one attached hydrogen (secondary N) is 1. The maximum atomic E-state index is 9.30. The molecule has 0 spiro atoms. The van der Waals surface area contributed by atoms with Crippen LogP contribution in [0.25, 0.3) is 0 Å². The average Bonchev–Trinajstić information content (AvgIpc) is 1.63. The van der Waals surface area contributed by atoms with Gasteiger partial charge in [0.05, 0.1) is 6.17 Å². The molecule has 3 heteroatoms. The third-order valence-corrected chi connectivity index (χ3v) is 1.23. The van der Waals surface area contributed by atoms with Crippen LogP contribution >= 0.6 is 0 Å². The van der Waals surface area contributed by atoms with Crippen molar-refractivity contribution in [2.75, 3.05) is 0 Å². The van der Waals surface area contributed by atoms with Crippen molar-refractivity contribution in [1.29, 1.82) is 0 Å². The van der Waals surface area contributed by atoms with E-state index < -0.39 is 5.72 Å². The first kappa shape index (κ1) is 8.88. The van der Waals surface area contributed by atoms with Crippen LogP contribution in [0.3, 0.4) is 0 Å². The van der Waals surface area contributed by atoms with Crippen LogP contribution in [-0.4, -0.2) is 17.0 Å². The first-order chi connectivity index (χ1) is 3.98. The van der Waals surface area contributed by atoms with E-state index >= 15 is 0 Å². The van der Waals surface area contributed by atoms with Crippen molar-refractivity contribution in [1.82, 2.24) is 5.32 Å². The molecule has 0 amide bonds. The lowest BCUT2D eigenvalue weighted by Crippen LogP contribution is -2.50. The maximum absolute atomic E-state index is 9.30. The van der Waals surface area contributed by atoms with Crippen molar-refractivity contribution in [2.24, 2.45) is 5.73 Å². The van der Waals surface area contributed by atoms with Gasteiger partial charge in [0.25, 0.3) is 0 Å². The third kappa shape index (κ3) is 4.39. The largest absolute Gasteiger partial charge is 0.376 e. The quantitative estimate of drug-likeness (QED) is 0.474. The van der Waals surface area contributed by atoms with Gasteiger partial charge in [0, 0.05) is 0 Å². The Morgan fingerprint density at radius 3 is 2.33 bits per heavy atom. The van der Waals surface area contributed by atoms with Crippen molar-refractivity contribution in [3.05, 3.63) is 0 Å². The topological polar surface area (TPSA) is 58.3 Å². The molecule has 0 rings (SSSR count). The van der Waals surface area contributed by atoms with Gasteiger partial charge in [0.2, 0.25) is 0 Å². The minimum atomic E-state index is -0.811. The van der Waals surface area contributed by atoms with Gasteiger partial charge in [-0.05, 0) is 20.3 Å². The fraction of sp³-hybridized carbons (Fsp3) is 1.00. The monoisotopic (exact) mass is 132 g/mol. The highest BCUT2D eigenvalue weighted by molar-refractivity contribution is 4.68. The molecule has 0 aliphatic rings. The molecule has 0 aliphatic carbocycles. The average molecular weight is 132 g/mol. The van der Waals surface area contributed by atoms with Crippen LogP contribution < -0.4 is 11.1 Å². The van der Waals surface area contributed by atoms with Gasteiger partial charge in [0.1, 0.15) is 5.72 Å². The van der Waals surface area contributed by atoms with Gasteiger partial charge in [-0.25, -0.2) is 0 Å². The predicted molar refractivity (Wildman–Crippen MR) is 37.7 cm³/mol. The molecule has 0 heterocycles. The Morgan fingerprint density at radius 1 is 1.78 bits per heavy atom. The summed E-state index contributed by atoms with van der Waals surface area (Å²) in [6, 6.07) is 0. The number of hydrogen-bond donors (Lipinski definition) is 3. The van der Waals surface area contributed by atoms with E-state index in [2.05, 4.69) is 5.32 Å². The van der Waals surface area contributed by atoms with Crippen LogP contribution in [-0.2, 0) is 0 Å². The van der Waals surface area contributed by atoms with E-state index in [0.29, 0.717) is 6.42 Å². The molecule has 0 saturated carbocycles. The zero-order chi connectivity index (χ0) is 7.49. The van der Waals surface area contributed by atoms with Crippen molar-refractivity contribution in [3.8, 4) is 0 Å². The Balaban J connectivity index is 3.58. The van der Waals surface area contributed by atoms with Gasteiger partial charge in [-0.15, -0.1) is 0 Å². The van der Waals surface area contributed by atoms with E-state index in [9.17, 15) is 5.11 Å². The summed E-state index contributed by atoms with van der Waals surface area (Å²) in [5.74, 6) is 0. The number of hydrogen-bond acceptors (Lipinski definition) is 3. The standard InChI is InChI=1S/C6H16N2O/c1-4-6(3,9)8-5(2)7/h5,8-9H,4,7H2,1-3H3. The van der Waals surface area contributed by atoms with E-state index in [1.807, 2.05) is 6.92 Å². The number of nitrogens with two attached hydrogens (primary N) is 1. The summed E-state index contributed by atoms with van der Waals surface area (Å²) in [4.78, 5) is 0. The van der Waals surface area contributed by atoms with Gasteiger partial charge in [-0.1, -0.05) is 6.92 Å². The fourth-order valence-corrected chi connectivity index (χ4v) is 0.593. The van der Waals surface area contributed by atoms with Gasteiger partial charge in [-0.3, -0.25) is 5.32 Å². The lowest BCUT2D eigenvalue weighted by atomic mass is 10.2. The molecule has 0 saturated heterocycles. The Hall–Kier alpha value is -0.120. The van der Waals surface area contributed by atoms with E-state index in [-0.39, 0.29) is 6.17 Å². The highest BCUT2D eigenvalue weighted by Gasteiger charge is 2.16. The molecule has 9 heavy (non-hydrogen) atoms. The summed E-state index contributed by atoms with van der Waals surface area (Å²) in [6.45, 7) is 5.40. The number of aliphatic hydroxyl groups is 1. The van der Waals surface area contributed by atoms with Crippen molar-refractivity contribution < 1.29 is 5.11 Å². The predicted octanol–water partition coefficient (Wildman–Crippen LogP) is -0.000800. The second-order valence-corrected chi connectivity index (χ2v) is 2.56. The molecule has 4 N–H and O–H groups in total. The second-order valence-electron chi connectivity index (χ2n) is 2.56. The molecule has 3 nitrogen and oxygen atoms in total. The zero-order valence-electron chi connectivity index (χ0n) is 6.31. The smallest absolute Gasteiger partial charge is 0.114 e. The summed E-state index contributed by atoms with van der Waals surface area (Å²) < 4.78 is 0. The SMILES string of the molecule is CCC(C)(O)NC(C)N. The second kappa shape index (κ2) is 3.15. The lowest BCUT2D eigenvalue weighted by Gasteiger charge is -2.25. The van der Waals surface area contributed by atoms with Crippen molar-refractivity contribution in [2.45, 2.75) is 39.1 Å². The summed E-state index contributed by atoms with van der Waals surface area (Å²) in [5, 5.41) is 12.1. The molecule has 0 fully saturated rings. The van der Waals surface area contributed by atoms with E-state index in [0.717, 1.165) is 0 Å². The molecule has 0 aromatic heterocycles. The normalized spacial score (nSPS) is 21.0. The molecule has 2 atom stereocenters. The Bertz CT molecular complexity index is 81.1. The first-order valence-electron chi connectivity index (χ1n) is 3.23. The fourth-order valence-electron chi connectivity index (χ4n) is 0.593. The molecule has 0 radical (unpaired) electrons. The lowest BCUT2D eigenvalue weighted by molar-refractivity contribution is 0.0113. The third-order valence-electron chi connectivity index (χ3n) is 1.23. The number of rotatable bonds is 3. The van der Waals surface area contributed by atoms with Crippen molar-refractivity contribution >= 4 is 0 Å². The van der Waals surface area contributed by atoms with Crippen LogP contribution in [0.5, 0.6) is 0 Å². The molecule has 0 aromatic carbocycles. The molecule has 0 aromatic rings.